The second-order valence-electron chi connectivity index (χ2n) is 5.48. The minimum atomic E-state index is -0.440. The molecule has 0 radical (unpaired) electrons. The van der Waals surface area contributed by atoms with Crippen LogP contribution in [0.5, 0.6) is 0 Å². The maximum atomic E-state index is 5.85. The van der Waals surface area contributed by atoms with E-state index in [-0.39, 0.29) is 6.10 Å². The first-order valence-corrected chi connectivity index (χ1v) is 6.41. The van der Waals surface area contributed by atoms with Gasteiger partial charge in [0.2, 0.25) is 0 Å². The monoisotopic (exact) mass is 245 g/mol. The Balaban J connectivity index is 1.83. The van der Waals surface area contributed by atoms with Crippen LogP contribution in [0.25, 0.3) is 10.9 Å². The Kier molecular flexibility index (Phi) is 2.68. The Morgan fingerprint density at radius 2 is 2.17 bits per heavy atom. The number of aromatic nitrogens is 1. The summed E-state index contributed by atoms with van der Waals surface area (Å²) in [7, 11) is 0. The quantitative estimate of drug-likeness (QED) is 0.811. The first-order chi connectivity index (χ1) is 8.53. The number of rotatable bonds is 2. The van der Waals surface area contributed by atoms with Gasteiger partial charge < -0.3 is 14.0 Å². The van der Waals surface area contributed by atoms with E-state index in [2.05, 4.69) is 42.0 Å². The highest BCUT2D eigenvalue weighted by atomic mass is 16.7. The number of hydrogen-bond acceptors (Lipinski definition) is 2. The largest absolute Gasteiger partial charge is 0.348 e. The van der Waals surface area contributed by atoms with E-state index in [4.69, 9.17) is 9.47 Å². The van der Waals surface area contributed by atoms with Crippen LogP contribution in [0.4, 0.5) is 0 Å². The third kappa shape index (κ3) is 2.16. The number of hydrogen-bond donors (Lipinski definition) is 0. The summed E-state index contributed by atoms with van der Waals surface area (Å²) >= 11 is 0. The molecule has 3 nitrogen and oxygen atoms in total. The minimum Gasteiger partial charge on any atom is -0.348 e. The highest BCUT2D eigenvalue weighted by Gasteiger charge is 2.32. The lowest BCUT2D eigenvalue weighted by atomic mass is 10.2. The van der Waals surface area contributed by atoms with Crippen LogP contribution >= 0.6 is 0 Å². The smallest absolute Gasteiger partial charge is 0.163 e. The summed E-state index contributed by atoms with van der Waals surface area (Å²) in [6, 6.07) is 8.69. The number of ether oxygens (including phenoxy) is 2. The molecule has 1 aromatic carbocycles. The van der Waals surface area contributed by atoms with Gasteiger partial charge in [-0.15, -0.1) is 0 Å². The lowest BCUT2D eigenvalue weighted by molar-refractivity contribution is -0.139. The molecule has 3 heteroatoms. The summed E-state index contributed by atoms with van der Waals surface area (Å²) in [5.74, 6) is -0.440. The zero-order valence-corrected chi connectivity index (χ0v) is 11.1. The summed E-state index contributed by atoms with van der Waals surface area (Å²) in [6.07, 6.45) is 2.26. The number of aryl methyl sites for hydroxylation is 1. The predicted octanol–water partition coefficient (Wildman–Crippen LogP) is 3.10. The molecule has 0 bridgehead atoms. The molecule has 1 saturated heterocycles. The molecular formula is C15H19NO2. The van der Waals surface area contributed by atoms with Crippen molar-refractivity contribution in [2.24, 2.45) is 0 Å². The zero-order chi connectivity index (χ0) is 12.8. The fourth-order valence-electron chi connectivity index (χ4n) is 2.55. The van der Waals surface area contributed by atoms with Crippen molar-refractivity contribution >= 4 is 10.9 Å². The molecule has 0 saturated carbocycles. The molecule has 0 N–H and O–H groups in total. The van der Waals surface area contributed by atoms with Gasteiger partial charge in [0.05, 0.1) is 13.2 Å². The lowest BCUT2D eigenvalue weighted by Gasteiger charge is -2.17. The van der Waals surface area contributed by atoms with E-state index in [0.717, 1.165) is 6.54 Å². The third-order valence-corrected chi connectivity index (χ3v) is 3.39. The van der Waals surface area contributed by atoms with Gasteiger partial charge in [0.25, 0.3) is 0 Å². The van der Waals surface area contributed by atoms with Crippen LogP contribution in [0.15, 0.2) is 30.5 Å². The summed E-state index contributed by atoms with van der Waals surface area (Å²) in [6.45, 7) is 7.55. The Bertz CT molecular complexity index is 571. The molecule has 1 unspecified atom stereocenters. The summed E-state index contributed by atoms with van der Waals surface area (Å²) in [5, 5.41) is 1.29. The van der Waals surface area contributed by atoms with E-state index in [9.17, 15) is 0 Å². The molecule has 3 rings (SSSR count). The van der Waals surface area contributed by atoms with Crippen molar-refractivity contribution in [2.75, 3.05) is 6.61 Å². The minimum absolute atomic E-state index is 0.136. The van der Waals surface area contributed by atoms with Gasteiger partial charge in [0, 0.05) is 11.7 Å². The summed E-state index contributed by atoms with van der Waals surface area (Å²) < 4.78 is 13.7. The Labute approximate surface area is 107 Å². The number of benzene rings is 1. The SMILES string of the molecule is Cc1ccc2c(ccn2CC2COC(C)(C)O2)c1. The molecular weight excluding hydrogens is 226 g/mol. The van der Waals surface area contributed by atoms with Crippen molar-refractivity contribution < 1.29 is 9.47 Å². The highest BCUT2D eigenvalue weighted by molar-refractivity contribution is 5.80. The van der Waals surface area contributed by atoms with Crippen molar-refractivity contribution in [2.45, 2.75) is 39.2 Å². The van der Waals surface area contributed by atoms with Crippen LogP contribution < -0.4 is 0 Å². The van der Waals surface area contributed by atoms with Gasteiger partial charge in [-0.05, 0) is 44.4 Å². The van der Waals surface area contributed by atoms with Gasteiger partial charge in [0.1, 0.15) is 6.10 Å². The molecule has 18 heavy (non-hydrogen) atoms. The van der Waals surface area contributed by atoms with E-state index in [0.29, 0.717) is 6.61 Å². The van der Waals surface area contributed by atoms with Crippen LogP contribution in [0.3, 0.4) is 0 Å². The summed E-state index contributed by atoms with van der Waals surface area (Å²) in [5.41, 5.74) is 2.55. The molecule has 2 heterocycles. The first-order valence-electron chi connectivity index (χ1n) is 6.41. The summed E-state index contributed by atoms with van der Waals surface area (Å²) in [4.78, 5) is 0. The Hall–Kier alpha value is -1.32. The third-order valence-electron chi connectivity index (χ3n) is 3.39. The van der Waals surface area contributed by atoms with E-state index in [1.54, 1.807) is 0 Å². The maximum absolute atomic E-state index is 5.85. The fraction of sp³-hybridized carbons (Fsp3) is 0.467. The average Bonchev–Trinajstić information content (AvgIpc) is 2.83. The maximum Gasteiger partial charge on any atom is 0.163 e. The Morgan fingerprint density at radius 1 is 1.33 bits per heavy atom. The highest BCUT2D eigenvalue weighted by Crippen LogP contribution is 2.25. The van der Waals surface area contributed by atoms with E-state index >= 15 is 0 Å². The molecule has 1 atom stereocenters. The second-order valence-corrected chi connectivity index (χ2v) is 5.48. The van der Waals surface area contributed by atoms with Crippen molar-refractivity contribution in [3.63, 3.8) is 0 Å². The molecule has 96 valence electrons. The molecule has 1 aromatic heterocycles. The van der Waals surface area contributed by atoms with Crippen LogP contribution in [-0.2, 0) is 16.0 Å². The molecule has 0 amide bonds. The van der Waals surface area contributed by atoms with Crippen molar-refractivity contribution in [1.82, 2.24) is 4.57 Å². The standard InChI is InChI=1S/C15H19NO2/c1-11-4-5-14-12(8-11)6-7-16(14)9-13-10-17-15(2,3)18-13/h4-8,13H,9-10H2,1-3H3. The van der Waals surface area contributed by atoms with Crippen LogP contribution in [-0.4, -0.2) is 23.1 Å². The molecule has 1 fully saturated rings. The van der Waals surface area contributed by atoms with Gasteiger partial charge in [-0.2, -0.15) is 0 Å². The Morgan fingerprint density at radius 3 is 2.89 bits per heavy atom. The van der Waals surface area contributed by atoms with E-state index < -0.39 is 5.79 Å². The normalized spacial score (nSPS) is 22.7. The lowest BCUT2D eigenvalue weighted by Crippen LogP contribution is -2.23. The average molecular weight is 245 g/mol. The van der Waals surface area contributed by atoms with E-state index in [1.165, 1.54) is 16.5 Å². The topological polar surface area (TPSA) is 23.4 Å². The van der Waals surface area contributed by atoms with Crippen molar-refractivity contribution in [3.8, 4) is 0 Å². The van der Waals surface area contributed by atoms with Gasteiger partial charge in [-0.3, -0.25) is 0 Å². The molecule has 0 spiro atoms. The fourth-order valence-corrected chi connectivity index (χ4v) is 2.55. The molecule has 1 aliphatic rings. The molecule has 2 aromatic rings. The van der Waals surface area contributed by atoms with E-state index in [1.807, 2.05) is 13.8 Å². The first kappa shape index (κ1) is 11.8. The van der Waals surface area contributed by atoms with Crippen LogP contribution in [0, 0.1) is 6.92 Å². The molecule has 1 aliphatic heterocycles. The second kappa shape index (κ2) is 4.11. The molecule has 0 aliphatic carbocycles. The number of nitrogens with zero attached hydrogens (tertiary/aromatic N) is 1. The van der Waals surface area contributed by atoms with Gasteiger partial charge in [-0.1, -0.05) is 11.6 Å². The number of fused-ring (bicyclic) bond motifs is 1. The van der Waals surface area contributed by atoms with Crippen molar-refractivity contribution in [3.05, 3.63) is 36.0 Å². The van der Waals surface area contributed by atoms with Gasteiger partial charge >= 0.3 is 0 Å². The van der Waals surface area contributed by atoms with Gasteiger partial charge in [0.15, 0.2) is 5.79 Å². The van der Waals surface area contributed by atoms with Crippen molar-refractivity contribution in [1.29, 1.82) is 0 Å². The van der Waals surface area contributed by atoms with Crippen LogP contribution in [0.2, 0.25) is 0 Å². The van der Waals surface area contributed by atoms with Crippen LogP contribution in [0.1, 0.15) is 19.4 Å². The predicted molar refractivity (Wildman–Crippen MR) is 71.6 cm³/mol. The zero-order valence-electron chi connectivity index (χ0n) is 11.1. The van der Waals surface area contributed by atoms with Gasteiger partial charge in [-0.25, -0.2) is 0 Å².